The molecule has 4 rings (SSSR count). The second kappa shape index (κ2) is 5.67. The van der Waals surface area contributed by atoms with Crippen LogP contribution in [0.1, 0.15) is 34.5 Å². The van der Waals surface area contributed by atoms with Gasteiger partial charge in [-0.3, -0.25) is 0 Å². The summed E-state index contributed by atoms with van der Waals surface area (Å²) in [6.45, 7) is 0. The fraction of sp³-hybridized carbons (Fsp3) is 0.100. The number of phenols is 1. The summed E-state index contributed by atoms with van der Waals surface area (Å²) in [4.78, 5) is 0. The molecule has 1 aliphatic rings. The number of fused-ring (bicyclic) bond motifs is 2. The normalized spacial score (nSPS) is 18.6. The van der Waals surface area contributed by atoms with E-state index in [2.05, 4.69) is 11.4 Å². The van der Waals surface area contributed by atoms with E-state index in [1.165, 1.54) is 0 Å². The minimum Gasteiger partial charge on any atom is -0.507 e. The van der Waals surface area contributed by atoms with Crippen LogP contribution >= 0.6 is 0 Å². The molecule has 1 aliphatic carbocycles. The number of rotatable bonds is 2. The molecular weight excluding hydrogens is 302 g/mol. The van der Waals surface area contributed by atoms with Gasteiger partial charge in [-0.15, -0.1) is 0 Å². The third-order valence-corrected chi connectivity index (χ3v) is 4.37. The monoisotopic (exact) mass is 318 g/mol. The van der Waals surface area contributed by atoms with Crippen LogP contribution in [0.15, 0.2) is 60.7 Å². The first kappa shape index (κ1) is 14.8. The quantitative estimate of drug-likeness (QED) is 0.546. The first-order valence-electron chi connectivity index (χ1n) is 7.71. The van der Waals surface area contributed by atoms with Gasteiger partial charge in [0.15, 0.2) is 0 Å². The summed E-state index contributed by atoms with van der Waals surface area (Å²) in [7, 11) is 0. The zero-order valence-corrected chi connectivity index (χ0v) is 12.8. The maximum Gasteiger partial charge on any atom is 0.130 e. The lowest BCUT2D eigenvalue weighted by molar-refractivity contribution is 0.170. The zero-order chi connectivity index (χ0) is 16.7. The Morgan fingerprint density at radius 2 is 1.38 bits per heavy atom. The number of nitrogens with one attached hydrogen (secondary N) is 1. The summed E-state index contributed by atoms with van der Waals surface area (Å²) in [5.41, 5.74) is 3.45. The number of phenolic OH excluding ortho intramolecular Hbond substituents is 1. The van der Waals surface area contributed by atoms with E-state index in [-0.39, 0.29) is 5.75 Å². The van der Waals surface area contributed by atoms with E-state index in [0.717, 1.165) is 5.69 Å². The first-order valence-corrected chi connectivity index (χ1v) is 7.71. The van der Waals surface area contributed by atoms with Gasteiger partial charge in [0.25, 0.3) is 0 Å². The molecule has 4 heteroatoms. The zero-order valence-electron chi connectivity index (χ0n) is 12.8. The van der Waals surface area contributed by atoms with E-state index in [0.29, 0.717) is 27.9 Å². The first-order chi connectivity index (χ1) is 11.7. The highest BCUT2D eigenvalue weighted by molar-refractivity contribution is 5.71. The van der Waals surface area contributed by atoms with Crippen LogP contribution in [0.3, 0.4) is 0 Å². The van der Waals surface area contributed by atoms with Crippen LogP contribution < -0.4 is 5.32 Å². The van der Waals surface area contributed by atoms with Crippen LogP contribution in [0, 0.1) is 6.07 Å². The van der Waals surface area contributed by atoms with Crippen molar-refractivity contribution in [3.63, 3.8) is 0 Å². The highest BCUT2D eigenvalue weighted by atomic mass is 16.3. The molecule has 0 heterocycles. The van der Waals surface area contributed by atoms with Crippen LogP contribution in [0.4, 0.5) is 11.4 Å². The molecule has 3 aromatic rings. The maximum absolute atomic E-state index is 10.8. The van der Waals surface area contributed by atoms with Crippen molar-refractivity contribution < 1.29 is 15.3 Å². The standard InChI is InChI=1S/C20H16NO3/c22-16-11-10-15(21-12-6-2-1-3-7-12)17-18(16)20(24)14-9-5-4-8-13(14)19(17)23/h1-10,19-24H. The number of anilines is 2. The van der Waals surface area contributed by atoms with Crippen molar-refractivity contribution in [3.05, 3.63) is 89.0 Å². The molecule has 3 aromatic carbocycles. The molecule has 0 amide bonds. The minimum absolute atomic E-state index is 0.148. The van der Waals surface area contributed by atoms with E-state index in [9.17, 15) is 15.3 Å². The molecule has 2 unspecified atom stereocenters. The Kier molecular flexibility index (Phi) is 3.49. The molecule has 0 fully saturated rings. The molecule has 0 saturated heterocycles. The third kappa shape index (κ3) is 2.24. The molecule has 4 N–H and O–H groups in total. The summed E-state index contributed by atoms with van der Waals surface area (Å²) < 4.78 is 0. The van der Waals surface area contributed by atoms with Crippen LogP contribution in [0.25, 0.3) is 0 Å². The number of hydrogen-bond donors (Lipinski definition) is 4. The Morgan fingerprint density at radius 3 is 2.04 bits per heavy atom. The fourth-order valence-corrected chi connectivity index (χ4v) is 3.24. The molecule has 24 heavy (non-hydrogen) atoms. The van der Waals surface area contributed by atoms with Gasteiger partial charge in [-0.1, -0.05) is 42.5 Å². The van der Waals surface area contributed by atoms with Crippen molar-refractivity contribution in [2.24, 2.45) is 0 Å². The number of hydrogen-bond acceptors (Lipinski definition) is 4. The number of aliphatic hydroxyl groups is 2. The molecule has 0 spiro atoms. The van der Waals surface area contributed by atoms with Gasteiger partial charge in [-0.25, -0.2) is 0 Å². The Bertz CT molecular complexity index is 893. The SMILES string of the molecule is Oc1[c]cc(Nc2ccccc2)c2c1C(O)c1ccccc1C2O. The smallest absolute Gasteiger partial charge is 0.130 e. The second-order valence-corrected chi connectivity index (χ2v) is 5.80. The Hall–Kier alpha value is -2.82. The van der Waals surface area contributed by atoms with Crippen molar-refractivity contribution in [2.45, 2.75) is 12.2 Å². The largest absolute Gasteiger partial charge is 0.507 e. The van der Waals surface area contributed by atoms with Crippen LogP contribution in [-0.2, 0) is 0 Å². The highest BCUT2D eigenvalue weighted by Gasteiger charge is 2.34. The van der Waals surface area contributed by atoms with E-state index in [1.54, 1.807) is 24.3 Å². The van der Waals surface area contributed by atoms with Gasteiger partial charge in [0.1, 0.15) is 18.0 Å². The van der Waals surface area contributed by atoms with Crippen molar-refractivity contribution in [1.29, 1.82) is 0 Å². The Morgan fingerprint density at radius 1 is 0.792 bits per heavy atom. The van der Waals surface area contributed by atoms with Gasteiger partial charge in [0.2, 0.25) is 0 Å². The van der Waals surface area contributed by atoms with Gasteiger partial charge >= 0.3 is 0 Å². The van der Waals surface area contributed by atoms with E-state index in [4.69, 9.17) is 0 Å². The Balaban J connectivity index is 1.88. The second-order valence-electron chi connectivity index (χ2n) is 5.80. The summed E-state index contributed by atoms with van der Waals surface area (Å²) in [5, 5.41) is 35.0. The van der Waals surface area contributed by atoms with Crippen LogP contribution in [-0.4, -0.2) is 15.3 Å². The van der Waals surface area contributed by atoms with Gasteiger partial charge in [-0.05, 0) is 29.3 Å². The predicted octanol–water partition coefficient (Wildman–Crippen LogP) is 3.41. The molecule has 0 saturated carbocycles. The van der Waals surface area contributed by atoms with Crippen molar-refractivity contribution in [1.82, 2.24) is 0 Å². The number of aliphatic hydroxyl groups excluding tert-OH is 2. The molecule has 1 radical (unpaired) electrons. The molecular formula is C20H16NO3. The minimum atomic E-state index is -1.01. The molecule has 0 aliphatic heterocycles. The topological polar surface area (TPSA) is 72.7 Å². The summed E-state index contributed by atoms with van der Waals surface area (Å²) >= 11 is 0. The van der Waals surface area contributed by atoms with Gasteiger partial charge < -0.3 is 20.6 Å². The van der Waals surface area contributed by atoms with Gasteiger partial charge in [-0.2, -0.15) is 0 Å². The van der Waals surface area contributed by atoms with E-state index < -0.39 is 12.2 Å². The number of aromatic hydroxyl groups is 1. The molecule has 0 bridgehead atoms. The lowest BCUT2D eigenvalue weighted by Crippen LogP contribution is -2.19. The number of para-hydroxylation sites is 1. The summed E-state index contributed by atoms with van der Waals surface area (Å²) in [5.74, 6) is -0.148. The molecule has 4 nitrogen and oxygen atoms in total. The van der Waals surface area contributed by atoms with Crippen molar-refractivity contribution in [3.8, 4) is 5.75 Å². The van der Waals surface area contributed by atoms with Gasteiger partial charge in [0.05, 0.1) is 0 Å². The van der Waals surface area contributed by atoms with Crippen molar-refractivity contribution >= 4 is 11.4 Å². The lowest BCUT2D eigenvalue weighted by Gasteiger charge is -2.31. The fourth-order valence-electron chi connectivity index (χ4n) is 3.24. The maximum atomic E-state index is 10.8. The van der Waals surface area contributed by atoms with Crippen LogP contribution in [0.5, 0.6) is 5.75 Å². The van der Waals surface area contributed by atoms with E-state index in [1.807, 2.05) is 36.4 Å². The Labute approximate surface area is 139 Å². The third-order valence-electron chi connectivity index (χ3n) is 4.37. The lowest BCUT2D eigenvalue weighted by atomic mass is 9.80. The van der Waals surface area contributed by atoms with Gasteiger partial charge in [0, 0.05) is 28.6 Å². The average molecular weight is 318 g/mol. The molecule has 2 atom stereocenters. The highest BCUT2D eigenvalue weighted by Crippen LogP contribution is 2.47. The summed E-state index contributed by atoms with van der Waals surface area (Å²) in [6, 6.07) is 21.0. The average Bonchev–Trinajstić information content (AvgIpc) is 2.62. The van der Waals surface area contributed by atoms with Crippen LogP contribution in [0.2, 0.25) is 0 Å². The van der Waals surface area contributed by atoms with Crippen molar-refractivity contribution in [2.75, 3.05) is 5.32 Å². The number of benzene rings is 3. The molecule has 119 valence electrons. The summed E-state index contributed by atoms with van der Waals surface area (Å²) in [6.07, 6.45) is -1.94. The van der Waals surface area contributed by atoms with E-state index >= 15 is 0 Å². The molecule has 0 aromatic heterocycles. The predicted molar refractivity (Wildman–Crippen MR) is 91.2 cm³/mol.